The van der Waals surface area contributed by atoms with E-state index in [4.69, 9.17) is 0 Å². The molecule has 0 atom stereocenters. The van der Waals surface area contributed by atoms with Crippen LogP contribution in [0.3, 0.4) is 0 Å². The Kier molecular flexibility index (Phi) is 3.62. The van der Waals surface area contributed by atoms with Crippen molar-refractivity contribution in [3.8, 4) is 5.75 Å². The van der Waals surface area contributed by atoms with Crippen LogP contribution in [0.5, 0.6) is 5.75 Å². The van der Waals surface area contributed by atoms with Gasteiger partial charge in [-0.2, -0.15) is 0 Å². The molecule has 3 aromatic rings. The maximum absolute atomic E-state index is 12.1. The van der Waals surface area contributed by atoms with Crippen molar-refractivity contribution in [1.82, 2.24) is 4.98 Å². The lowest BCUT2D eigenvalue weighted by Crippen LogP contribution is -1.94. The van der Waals surface area contributed by atoms with Crippen molar-refractivity contribution in [3.05, 3.63) is 70.3 Å². The second-order valence-electron chi connectivity index (χ2n) is 4.67. The zero-order valence-corrected chi connectivity index (χ0v) is 12.6. The van der Waals surface area contributed by atoms with Crippen molar-refractivity contribution in [2.45, 2.75) is 0 Å². The fourth-order valence-corrected chi connectivity index (χ4v) is 2.50. The van der Waals surface area contributed by atoms with E-state index < -0.39 is 0 Å². The maximum Gasteiger partial charge on any atom is 0.189 e. The number of hydrogen-bond donors (Lipinski definition) is 2. The van der Waals surface area contributed by atoms with Crippen LogP contribution in [0.4, 0.5) is 0 Å². The number of fused-ring (bicyclic) bond motifs is 1. The van der Waals surface area contributed by atoms with Crippen LogP contribution in [0.1, 0.15) is 16.1 Å². The summed E-state index contributed by atoms with van der Waals surface area (Å²) in [5.74, 6) is -0.269. The van der Waals surface area contributed by atoms with E-state index in [9.17, 15) is 9.90 Å². The molecule has 0 radical (unpaired) electrons. The lowest BCUT2D eigenvalue weighted by Gasteiger charge is -2.00. The summed E-state index contributed by atoms with van der Waals surface area (Å²) in [6.07, 6.45) is 3.16. The van der Waals surface area contributed by atoms with E-state index in [2.05, 4.69) is 20.9 Å². The lowest BCUT2D eigenvalue weighted by molar-refractivity contribution is 0.104. The summed E-state index contributed by atoms with van der Waals surface area (Å²) in [7, 11) is 0. The SMILES string of the molecule is O=C(/C=C/c1cc2ccccc2[nH]1)c1ccc(Br)cc1O. The number of ketones is 1. The third-order valence-electron chi connectivity index (χ3n) is 3.19. The number of halogens is 1. The predicted octanol–water partition coefficient (Wildman–Crippen LogP) is 4.53. The van der Waals surface area contributed by atoms with Crippen LogP contribution in [0.15, 0.2) is 59.1 Å². The van der Waals surface area contributed by atoms with Gasteiger partial charge in [0.1, 0.15) is 5.75 Å². The van der Waals surface area contributed by atoms with Crippen LogP contribution in [0.2, 0.25) is 0 Å². The normalized spacial score (nSPS) is 11.3. The number of para-hydroxylation sites is 1. The van der Waals surface area contributed by atoms with Crippen LogP contribution >= 0.6 is 15.9 Å². The largest absolute Gasteiger partial charge is 0.507 e. The number of aromatic nitrogens is 1. The van der Waals surface area contributed by atoms with Gasteiger partial charge in [0, 0.05) is 15.7 Å². The molecule has 0 saturated carbocycles. The summed E-state index contributed by atoms with van der Waals surface area (Å²) in [6, 6.07) is 14.7. The summed E-state index contributed by atoms with van der Waals surface area (Å²) in [5.41, 5.74) is 2.16. The average molecular weight is 342 g/mol. The van der Waals surface area contributed by atoms with E-state index in [1.165, 1.54) is 12.1 Å². The Labute approximate surface area is 130 Å². The first-order chi connectivity index (χ1) is 10.1. The van der Waals surface area contributed by atoms with Crippen LogP contribution in [0, 0.1) is 0 Å². The molecule has 0 aliphatic heterocycles. The van der Waals surface area contributed by atoms with Gasteiger partial charge in [0.15, 0.2) is 5.78 Å². The Morgan fingerprint density at radius 2 is 1.95 bits per heavy atom. The third-order valence-corrected chi connectivity index (χ3v) is 3.68. The molecular weight excluding hydrogens is 330 g/mol. The smallest absolute Gasteiger partial charge is 0.189 e. The van der Waals surface area contributed by atoms with Gasteiger partial charge in [-0.1, -0.05) is 34.1 Å². The Morgan fingerprint density at radius 1 is 1.14 bits per heavy atom. The molecule has 1 heterocycles. The highest BCUT2D eigenvalue weighted by Crippen LogP contribution is 2.23. The molecule has 0 fully saturated rings. The first kappa shape index (κ1) is 13.6. The van der Waals surface area contributed by atoms with E-state index >= 15 is 0 Å². The molecule has 2 N–H and O–H groups in total. The number of rotatable bonds is 3. The maximum atomic E-state index is 12.1. The molecule has 4 heteroatoms. The minimum Gasteiger partial charge on any atom is -0.507 e. The highest BCUT2D eigenvalue weighted by molar-refractivity contribution is 9.10. The molecule has 0 aliphatic carbocycles. The van der Waals surface area contributed by atoms with Gasteiger partial charge in [-0.05, 0) is 47.9 Å². The van der Waals surface area contributed by atoms with Crippen molar-refractivity contribution in [1.29, 1.82) is 0 Å². The van der Waals surface area contributed by atoms with Crippen LogP contribution in [-0.4, -0.2) is 15.9 Å². The number of allylic oxidation sites excluding steroid dienone is 1. The molecule has 1 aromatic heterocycles. The van der Waals surface area contributed by atoms with Gasteiger partial charge in [-0.15, -0.1) is 0 Å². The Morgan fingerprint density at radius 3 is 2.71 bits per heavy atom. The molecular formula is C17H12BrNO2. The van der Waals surface area contributed by atoms with Crippen molar-refractivity contribution in [2.75, 3.05) is 0 Å². The van der Waals surface area contributed by atoms with Gasteiger partial charge in [-0.25, -0.2) is 0 Å². The van der Waals surface area contributed by atoms with Gasteiger partial charge < -0.3 is 10.1 Å². The van der Waals surface area contributed by atoms with Crippen molar-refractivity contribution in [2.24, 2.45) is 0 Å². The molecule has 0 unspecified atom stereocenters. The average Bonchev–Trinajstić information content (AvgIpc) is 2.87. The lowest BCUT2D eigenvalue weighted by atomic mass is 10.1. The van der Waals surface area contributed by atoms with Gasteiger partial charge >= 0.3 is 0 Å². The van der Waals surface area contributed by atoms with Crippen LogP contribution < -0.4 is 0 Å². The molecule has 0 spiro atoms. The zero-order valence-electron chi connectivity index (χ0n) is 11.0. The van der Waals surface area contributed by atoms with E-state index in [0.717, 1.165) is 21.1 Å². The Hall–Kier alpha value is -2.33. The molecule has 2 aromatic carbocycles. The summed E-state index contributed by atoms with van der Waals surface area (Å²) >= 11 is 3.25. The molecule has 0 aliphatic rings. The Balaban J connectivity index is 1.86. The topological polar surface area (TPSA) is 53.1 Å². The highest BCUT2D eigenvalue weighted by Gasteiger charge is 2.08. The van der Waals surface area contributed by atoms with E-state index in [1.54, 1.807) is 18.2 Å². The predicted molar refractivity (Wildman–Crippen MR) is 87.5 cm³/mol. The number of hydrogen-bond acceptors (Lipinski definition) is 2. The first-order valence-corrected chi connectivity index (χ1v) is 7.21. The second-order valence-corrected chi connectivity index (χ2v) is 5.59. The summed E-state index contributed by atoms with van der Waals surface area (Å²) in [5, 5.41) is 10.9. The number of phenolic OH excluding ortho intramolecular Hbond substituents is 1. The second kappa shape index (κ2) is 5.58. The van der Waals surface area contributed by atoms with E-state index in [0.29, 0.717) is 0 Å². The quantitative estimate of drug-likeness (QED) is 0.543. The van der Waals surface area contributed by atoms with Crippen molar-refractivity contribution in [3.63, 3.8) is 0 Å². The number of H-pyrrole nitrogens is 1. The van der Waals surface area contributed by atoms with Gasteiger partial charge in [0.25, 0.3) is 0 Å². The number of nitrogens with one attached hydrogen (secondary N) is 1. The van der Waals surface area contributed by atoms with Crippen LogP contribution in [-0.2, 0) is 0 Å². The molecule has 0 amide bonds. The number of phenols is 1. The minimum absolute atomic E-state index is 0.0318. The number of aromatic hydroxyl groups is 1. The molecule has 3 rings (SSSR count). The monoisotopic (exact) mass is 341 g/mol. The minimum atomic E-state index is -0.237. The number of carbonyl (C=O) groups excluding carboxylic acids is 1. The third kappa shape index (κ3) is 2.90. The summed E-state index contributed by atoms with van der Waals surface area (Å²) < 4.78 is 0.733. The van der Waals surface area contributed by atoms with Crippen molar-refractivity contribution < 1.29 is 9.90 Å². The highest BCUT2D eigenvalue weighted by atomic mass is 79.9. The molecule has 21 heavy (non-hydrogen) atoms. The van der Waals surface area contributed by atoms with Crippen molar-refractivity contribution >= 4 is 38.7 Å². The number of aromatic amines is 1. The fourth-order valence-electron chi connectivity index (χ4n) is 2.15. The van der Waals surface area contributed by atoms with Gasteiger partial charge in [-0.3, -0.25) is 4.79 Å². The molecule has 0 bridgehead atoms. The molecule has 3 nitrogen and oxygen atoms in total. The summed E-state index contributed by atoms with van der Waals surface area (Å²) in [4.78, 5) is 15.3. The zero-order chi connectivity index (χ0) is 14.8. The van der Waals surface area contributed by atoms with E-state index in [1.807, 2.05) is 30.3 Å². The molecule has 0 saturated heterocycles. The van der Waals surface area contributed by atoms with Crippen LogP contribution in [0.25, 0.3) is 17.0 Å². The first-order valence-electron chi connectivity index (χ1n) is 6.42. The number of carbonyl (C=O) groups is 1. The number of benzene rings is 2. The summed E-state index contributed by atoms with van der Waals surface area (Å²) in [6.45, 7) is 0. The standard InChI is InChI=1S/C17H12BrNO2/c18-12-5-7-14(17(21)10-12)16(20)8-6-13-9-11-3-1-2-4-15(11)19-13/h1-10,19,21H/b8-6+. The fraction of sp³-hybridized carbons (Fsp3) is 0. The van der Waals surface area contributed by atoms with Gasteiger partial charge in [0.2, 0.25) is 0 Å². The molecule has 104 valence electrons. The Bertz CT molecular complexity index is 816. The van der Waals surface area contributed by atoms with Gasteiger partial charge in [0.05, 0.1) is 5.56 Å². The van der Waals surface area contributed by atoms with E-state index in [-0.39, 0.29) is 17.1 Å².